The van der Waals surface area contributed by atoms with Gasteiger partial charge in [0, 0.05) is 18.8 Å². The zero-order chi connectivity index (χ0) is 9.80. The molecule has 5 heteroatoms. The summed E-state index contributed by atoms with van der Waals surface area (Å²) in [6, 6.07) is 3.76. The number of rotatable bonds is 3. The molecule has 0 radical (unpaired) electrons. The third-order valence-electron chi connectivity index (χ3n) is 1.90. The summed E-state index contributed by atoms with van der Waals surface area (Å²) in [5.74, 6) is 0. The van der Waals surface area contributed by atoms with E-state index in [0.29, 0.717) is 12.1 Å². The molecule has 0 aliphatic carbocycles. The normalized spacial score (nSPS) is 12.6. The Morgan fingerprint density at radius 1 is 1.36 bits per heavy atom. The van der Waals surface area contributed by atoms with Gasteiger partial charge in [0.05, 0.1) is 17.9 Å². The standard InChI is InChI=1S/C9H9N3OS/c13-9(8-6-11-14-12-8)5-7-1-3-10-4-2-7/h1-4,6,9,13H,5H2. The Kier molecular flexibility index (Phi) is 2.81. The summed E-state index contributed by atoms with van der Waals surface area (Å²) in [4.78, 5) is 3.91. The van der Waals surface area contributed by atoms with E-state index in [0.717, 1.165) is 17.3 Å². The van der Waals surface area contributed by atoms with Crippen molar-refractivity contribution in [1.29, 1.82) is 0 Å². The summed E-state index contributed by atoms with van der Waals surface area (Å²) in [5, 5.41) is 9.75. The lowest BCUT2D eigenvalue weighted by molar-refractivity contribution is 0.174. The lowest BCUT2D eigenvalue weighted by Gasteiger charge is -2.06. The van der Waals surface area contributed by atoms with E-state index < -0.39 is 6.10 Å². The molecule has 0 fully saturated rings. The number of nitrogens with zero attached hydrogens (tertiary/aromatic N) is 3. The fourth-order valence-corrected chi connectivity index (χ4v) is 1.63. The van der Waals surface area contributed by atoms with E-state index in [-0.39, 0.29) is 0 Å². The molecule has 0 aromatic carbocycles. The smallest absolute Gasteiger partial charge is 0.103 e. The molecule has 0 saturated carbocycles. The number of aliphatic hydroxyl groups is 1. The first-order chi connectivity index (χ1) is 6.86. The second kappa shape index (κ2) is 4.26. The van der Waals surface area contributed by atoms with E-state index in [1.165, 1.54) is 0 Å². The van der Waals surface area contributed by atoms with Crippen LogP contribution in [0.4, 0.5) is 0 Å². The molecular weight excluding hydrogens is 198 g/mol. The Hall–Kier alpha value is -1.33. The molecule has 1 N–H and O–H groups in total. The van der Waals surface area contributed by atoms with Crippen LogP contribution in [-0.4, -0.2) is 18.8 Å². The van der Waals surface area contributed by atoms with Crippen molar-refractivity contribution in [3.63, 3.8) is 0 Å². The van der Waals surface area contributed by atoms with E-state index in [9.17, 15) is 5.11 Å². The molecule has 1 atom stereocenters. The molecule has 72 valence electrons. The minimum absolute atomic E-state index is 0.550. The van der Waals surface area contributed by atoms with Crippen LogP contribution in [0.25, 0.3) is 0 Å². The average molecular weight is 207 g/mol. The van der Waals surface area contributed by atoms with Crippen molar-refractivity contribution in [3.05, 3.63) is 42.0 Å². The van der Waals surface area contributed by atoms with Crippen LogP contribution < -0.4 is 0 Å². The maximum Gasteiger partial charge on any atom is 0.103 e. The minimum atomic E-state index is -0.573. The predicted octanol–water partition coefficient (Wildman–Crippen LogP) is 1.21. The van der Waals surface area contributed by atoms with Gasteiger partial charge < -0.3 is 5.11 Å². The van der Waals surface area contributed by atoms with Gasteiger partial charge in [0.15, 0.2) is 0 Å². The van der Waals surface area contributed by atoms with E-state index >= 15 is 0 Å². The van der Waals surface area contributed by atoms with Crippen LogP contribution in [0.15, 0.2) is 30.7 Å². The Labute approximate surface area is 85.6 Å². The molecule has 0 spiro atoms. The highest BCUT2D eigenvalue weighted by atomic mass is 32.1. The number of pyridine rings is 1. The summed E-state index contributed by atoms with van der Waals surface area (Å²) in [6.45, 7) is 0. The lowest BCUT2D eigenvalue weighted by atomic mass is 10.1. The van der Waals surface area contributed by atoms with Crippen LogP contribution >= 0.6 is 11.7 Å². The van der Waals surface area contributed by atoms with Gasteiger partial charge in [-0.2, -0.15) is 8.75 Å². The largest absolute Gasteiger partial charge is 0.386 e. The summed E-state index contributed by atoms with van der Waals surface area (Å²) < 4.78 is 7.82. The van der Waals surface area contributed by atoms with Crippen LogP contribution in [0, 0.1) is 0 Å². The Balaban J connectivity index is 2.06. The molecule has 0 saturated heterocycles. The number of hydrogen-bond donors (Lipinski definition) is 1. The quantitative estimate of drug-likeness (QED) is 0.821. The number of aromatic nitrogens is 3. The monoisotopic (exact) mass is 207 g/mol. The van der Waals surface area contributed by atoms with Crippen LogP contribution in [0.1, 0.15) is 17.4 Å². The van der Waals surface area contributed by atoms with Crippen LogP contribution in [-0.2, 0) is 6.42 Å². The van der Waals surface area contributed by atoms with Crippen molar-refractivity contribution in [2.45, 2.75) is 12.5 Å². The molecule has 2 aromatic rings. The zero-order valence-corrected chi connectivity index (χ0v) is 8.18. The molecule has 2 heterocycles. The second-order valence-electron chi connectivity index (χ2n) is 2.91. The first-order valence-corrected chi connectivity index (χ1v) is 4.94. The van der Waals surface area contributed by atoms with E-state index in [1.54, 1.807) is 18.6 Å². The van der Waals surface area contributed by atoms with E-state index in [2.05, 4.69) is 13.7 Å². The molecule has 0 amide bonds. The summed E-state index contributed by atoms with van der Waals surface area (Å²) >= 11 is 1.11. The minimum Gasteiger partial charge on any atom is -0.386 e. The lowest BCUT2D eigenvalue weighted by Crippen LogP contribution is -2.01. The maximum absolute atomic E-state index is 9.75. The fraction of sp³-hybridized carbons (Fsp3) is 0.222. The molecule has 4 nitrogen and oxygen atoms in total. The molecule has 2 rings (SSSR count). The van der Waals surface area contributed by atoms with Crippen LogP contribution in [0.3, 0.4) is 0 Å². The molecule has 2 aromatic heterocycles. The third kappa shape index (κ3) is 2.12. The highest BCUT2D eigenvalue weighted by Crippen LogP contribution is 2.15. The molecule has 14 heavy (non-hydrogen) atoms. The first kappa shape index (κ1) is 9.23. The second-order valence-corrected chi connectivity index (χ2v) is 3.46. The van der Waals surface area contributed by atoms with Crippen molar-refractivity contribution < 1.29 is 5.11 Å². The molecular formula is C9H9N3OS. The first-order valence-electron chi connectivity index (χ1n) is 4.20. The van der Waals surface area contributed by atoms with Crippen LogP contribution in [0.5, 0.6) is 0 Å². The highest BCUT2D eigenvalue weighted by molar-refractivity contribution is 6.99. The molecule has 0 aliphatic rings. The average Bonchev–Trinajstić information content (AvgIpc) is 2.72. The predicted molar refractivity (Wildman–Crippen MR) is 52.8 cm³/mol. The Morgan fingerprint density at radius 2 is 2.14 bits per heavy atom. The highest BCUT2D eigenvalue weighted by Gasteiger charge is 2.10. The maximum atomic E-state index is 9.75. The molecule has 0 bridgehead atoms. The summed E-state index contributed by atoms with van der Waals surface area (Å²) in [6.07, 6.45) is 4.99. The Morgan fingerprint density at radius 3 is 2.79 bits per heavy atom. The zero-order valence-electron chi connectivity index (χ0n) is 7.37. The van der Waals surface area contributed by atoms with Gasteiger partial charge in [0.25, 0.3) is 0 Å². The van der Waals surface area contributed by atoms with Crippen molar-refractivity contribution in [3.8, 4) is 0 Å². The molecule has 1 unspecified atom stereocenters. The van der Waals surface area contributed by atoms with Crippen molar-refractivity contribution in [2.75, 3.05) is 0 Å². The Bertz CT molecular complexity index is 376. The van der Waals surface area contributed by atoms with Gasteiger partial charge in [-0.1, -0.05) is 0 Å². The van der Waals surface area contributed by atoms with Gasteiger partial charge in [0.2, 0.25) is 0 Å². The number of aliphatic hydroxyl groups excluding tert-OH is 1. The summed E-state index contributed by atoms with van der Waals surface area (Å²) in [7, 11) is 0. The summed E-state index contributed by atoms with van der Waals surface area (Å²) in [5.41, 5.74) is 1.67. The van der Waals surface area contributed by atoms with Gasteiger partial charge in [-0.05, 0) is 17.7 Å². The van der Waals surface area contributed by atoms with E-state index in [4.69, 9.17) is 0 Å². The number of hydrogen-bond acceptors (Lipinski definition) is 5. The third-order valence-corrected chi connectivity index (χ3v) is 2.39. The van der Waals surface area contributed by atoms with Gasteiger partial charge >= 0.3 is 0 Å². The van der Waals surface area contributed by atoms with Gasteiger partial charge in [-0.3, -0.25) is 4.98 Å². The topological polar surface area (TPSA) is 58.9 Å². The molecule has 0 aliphatic heterocycles. The SMILES string of the molecule is OC(Cc1ccncc1)c1cnsn1. The van der Waals surface area contributed by atoms with Gasteiger partial charge in [0.1, 0.15) is 11.8 Å². The van der Waals surface area contributed by atoms with Crippen molar-refractivity contribution in [2.24, 2.45) is 0 Å². The fourth-order valence-electron chi connectivity index (χ4n) is 1.17. The van der Waals surface area contributed by atoms with E-state index in [1.807, 2.05) is 12.1 Å². The van der Waals surface area contributed by atoms with Crippen molar-refractivity contribution >= 4 is 11.7 Å². The van der Waals surface area contributed by atoms with Crippen molar-refractivity contribution in [1.82, 2.24) is 13.7 Å². The van der Waals surface area contributed by atoms with Gasteiger partial charge in [-0.15, -0.1) is 0 Å². The van der Waals surface area contributed by atoms with Crippen LogP contribution in [0.2, 0.25) is 0 Å². The van der Waals surface area contributed by atoms with Gasteiger partial charge in [-0.25, -0.2) is 0 Å².